The van der Waals surface area contributed by atoms with E-state index in [4.69, 9.17) is 19.2 Å². The van der Waals surface area contributed by atoms with Gasteiger partial charge in [-0.25, -0.2) is 9.38 Å². The van der Waals surface area contributed by atoms with Crippen molar-refractivity contribution >= 4 is 23.5 Å². The Kier molecular flexibility index (Phi) is 7.38. The summed E-state index contributed by atoms with van der Waals surface area (Å²) < 4.78 is 29.2. The molecule has 1 fully saturated rings. The highest BCUT2D eigenvalue weighted by atomic mass is 19.1. The van der Waals surface area contributed by atoms with Gasteiger partial charge in [0.25, 0.3) is 0 Å². The summed E-state index contributed by atoms with van der Waals surface area (Å²) >= 11 is 0. The molecule has 1 saturated heterocycles. The van der Waals surface area contributed by atoms with E-state index in [0.29, 0.717) is 49.2 Å². The van der Waals surface area contributed by atoms with Gasteiger partial charge >= 0.3 is 5.97 Å². The molecule has 35 heavy (non-hydrogen) atoms. The molecule has 2 aliphatic rings. The third-order valence-electron chi connectivity index (χ3n) is 6.16. The lowest BCUT2D eigenvalue weighted by Crippen LogP contribution is -2.57. The number of benzene rings is 2. The molecular weight excluding hydrogens is 455 g/mol. The smallest absolute Gasteiger partial charge is 0.321 e. The predicted octanol–water partition coefficient (Wildman–Crippen LogP) is 2.37. The molecule has 4 rings (SSSR count). The average molecular weight is 485 g/mol. The van der Waals surface area contributed by atoms with Gasteiger partial charge in [0.2, 0.25) is 11.9 Å². The highest BCUT2D eigenvalue weighted by Gasteiger charge is 2.42. The van der Waals surface area contributed by atoms with Gasteiger partial charge in [-0.3, -0.25) is 14.9 Å². The largest absolute Gasteiger partial charge is 0.493 e. The number of hydrogen-bond acceptors (Lipinski definition) is 8. The van der Waals surface area contributed by atoms with Crippen molar-refractivity contribution in [2.45, 2.75) is 13.0 Å². The Morgan fingerprint density at radius 2 is 1.69 bits per heavy atom. The number of rotatable bonds is 6. The van der Waals surface area contributed by atoms with E-state index in [9.17, 15) is 14.0 Å². The van der Waals surface area contributed by atoms with Gasteiger partial charge in [-0.15, -0.1) is 0 Å². The van der Waals surface area contributed by atoms with Gasteiger partial charge in [0.15, 0.2) is 17.4 Å². The van der Waals surface area contributed by atoms with Crippen molar-refractivity contribution in [3.8, 4) is 11.5 Å². The maximum atomic E-state index is 13.3. The number of ether oxygens (including phenoxy) is 3. The fraction of sp³-hybridized carbons (Fsp3) is 0.400. The normalized spacial score (nSPS) is 20.1. The minimum absolute atomic E-state index is 0.156. The summed E-state index contributed by atoms with van der Waals surface area (Å²) in [6, 6.07) is 10.8. The van der Waals surface area contributed by atoms with E-state index in [1.54, 1.807) is 37.3 Å². The molecule has 0 spiro atoms. The Morgan fingerprint density at radius 1 is 1.03 bits per heavy atom. The van der Waals surface area contributed by atoms with Gasteiger partial charge in [-0.1, -0.05) is 6.07 Å². The number of aliphatic imine (C=N–C) groups is 1. The number of anilines is 1. The molecule has 0 radical (unpaired) electrons. The minimum atomic E-state index is -1.13. The third-order valence-corrected chi connectivity index (χ3v) is 6.16. The summed E-state index contributed by atoms with van der Waals surface area (Å²) in [5, 5.41) is 2.80. The molecular formula is C25H29FN4O5. The highest BCUT2D eigenvalue weighted by Crippen LogP contribution is 2.36. The third kappa shape index (κ3) is 5.16. The van der Waals surface area contributed by atoms with Crippen LogP contribution in [0.2, 0.25) is 0 Å². The Morgan fingerprint density at radius 3 is 2.31 bits per heavy atom. The number of carbonyl (C=O) groups excluding carboxylic acids is 2. The summed E-state index contributed by atoms with van der Waals surface area (Å²) in [5.74, 6) is -1.08. The Hall–Kier alpha value is -3.82. The second-order valence-electron chi connectivity index (χ2n) is 8.18. The lowest BCUT2D eigenvalue weighted by molar-refractivity contribution is -0.153. The first-order chi connectivity index (χ1) is 16.9. The zero-order valence-electron chi connectivity index (χ0n) is 20.0. The van der Waals surface area contributed by atoms with Crippen LogP contribution >= 0.6 is 0 Å². The van der Waals surface area contributed by atoms with E-state index in [1.165, 1.54) is 26.4 Å². The second-order valence-corrected chi connectivity index (χ2v) is 8.18. The highest BCUT2D eigenvalue weighted by molar-refractivity contribution is 6.08. The van der Waals surface area contributed by atoms with E-state index >= 15 is 0 Å². The van der Waals surface area contributed by atoms with Gasteiger partial charge in [-0.05, 0) is 48.9 Å². The lowest BCUT2D eigenvalue weighted by atomic mass is 9.91. The first kappa shape index (κ1) is 24.3. The van der Waals surface area contributed by atoms with E-state index in [1.807, 2.05) is 4.90 Å². The molecule has 2 heterocycles. The van der Waals surface area contributed by atoms with Crippen molar-refractivity contribution < 1.29 is 28.2 Å². The molecule has 2 aromatic rings. The van der Waals surface area contributed by atoms with Gasteiger partial charge < -0.3 is 24.0 Å². The molecule has 1 amide bonds. The molecule has 0 aromatic heterocycles. The molecule has 2 unspecified atom stereocenters. The maximum absolute atomic E-state index is 13.3. The van der Waals surface area contributed by atoms with Crippen LogP contribution in [-0.4, -0.2) is 69.7 Å². The summed E-state index contributed by atoms with van der Waals surface area (Å²) in [5.41, 5.74) is 1.57. The molecule has 9 nitrogen and oxygen atoms in total. The number of methoxy groups -OCH3 is 2. The molecule has 0 saturated carbocycles. The van der Waals surface area contributed by atoms with Crippen molar-refractivity contribution in [1.82, 2.24) is 10.2 Å². The van der Waals surface area contributed by atoms with Gasteiger partial charge in [0.1, 0.15) is 11.9 Å². The van der Waals surface area contributed by atoms with E-state index in [0.717, 1.165) is 5.69 Å². The number of piperazine rings is 1. The Labute approximate surface area is 203 Å². The van der Waals surface area contributed by atoms with E-state index in [2.05, 4.69) is 10.2 Å². The zero-order chi connectivity index (χ0) is 24.9. The van der Waals surface area contributed by atoms with Crippen molar-refractivity contribution in [2.75, 3.05) is 51.9 Å². The number of esters is 1. The van der Waals surface area contributed by atoms with Gasteiger partial charge in [0, 0.05) is 31.9 Å². The fourth-order valence-electron chi connectivity index (χ4n) is 4.33. The number of amides is 1. The van der Waals surface area contributed by atoms with E-state index < -0.39 is 23.8 Å². The predicted molar refractivity (Wildman–Crippen MR) is 128 cm³/mol. The number of guanidine groups is 1. The van der Waals surface area contributed by atoms with Crippen LogP contribution in [-0.2, 0) is 14.3 Å². The number of carbonyl (C=O) groups is 2. The zero-order valence-corrected chi connectivity index (χ0v) is 20.0. The van der Waals surface area contributed by atoms with Crippen LogP contribution in [0.15, 0.2) is 47.5 Å². The summed E-state index contributed by atoms with van der Waals surface area (Å²) in [7, 11) is 3.06. The molecule has 2 aromatic carbocycles. The topological polar surface area (TPSA) is 92.7 Å². The van der Waals surface area contributed by atoms with Gasteiger partial charge in [0.05, 0.1) is 20.8 Å². The van der Waals surface area contributed by atoms with Crippen molar-refractivity contribution in [1.29, 1.82) is 0 Å². The molecule has 0 aliphatic carbocycles. The maximum Gasteiger partial charge on any atom is 0.321 e. The molecule has 10 heteroatoms. The molecule has 0 bridgehead atoms. The standard InChI is InChI=1S/C25H29FN4O5/c1-4-35-24(32)21-22(16-5-10-19(33-2)20(15-16)34-3)27-25(28-23(21)31)30-13-11-29(12-14-30)18-8-6-17(26)7-9-18/h5-10,15,21-22H,4,11-14H2,1-3H3,(H,27,28,31). The fourth-order valence-corrected chi connectivity index (χ4v) is 4.33. The molecule has 186 valence electrons. The Balaban J connectivity index is 1.60. The quantitative estimate of drug-likeness (QED) is 0.497. The van der Waals surface area contributed by atoms with Crippen LogP contribution in [0.25, 0.3) is 0 Å². The average Bonchev–Trinajstić information content (AvgIpc) is 2.88. The van der Waals surface area contributed by atoms with Crippen molar-refractivity contribution in [2.24, 2.45) is 10.9 Å². The SMILES string of the molecule is CCOC(=O)C1C(=O)NC(N2CCN(c3ccc(F)cc3)CC2)=NC1c1ccc(OC)c(OC)c1. The second kappa shape index (κ2) is 10.6. The summed E-state index contributed by atoms with van der Waals surface area (Å²) in [6.45, 7) is 4.38. The molecule has 2 aliphatic heterocycles. The molecule has 1 N–H and O–H groups in total. The van der Waals surface area contributed by atoms with Crippen LogP contribution in [0.4, 0.5) is 10.1 Å². The summed E-state index contributed by atoms with van der Waals surface area (Å²) in [4.78, 5) is 34.8. The first-order valence-corrected chi connectivity index (χ1v) is 11.5. The van der Waals surface area contributed by atoms with E-state index in [-0.39, 0.29) is 12.4 Å². The Bertz CT molecular complexity index is 1100. The molecule has 2 atom stereocenters. The van der Waals surface area contributed by atoms with Crippen LogP contribution in [0.3, 0.4) is 0 Å². The number of nitrogens with zero attached hydrogens (tertiary/aromatic N) is 3. The van der Waals surface area contributed by atoms with Gasteiger partial charge in [-0.2, -0.15) is 0 Å². The lowest BCUT2D eigenvalue weighted by Gasteiger charge is -2.39. The van der Waals surface area contributed by atoms with Crippen molar-refractivity contribution in [3.63, 3.8) is 0 Å². The first-order valence-electron chi connectivity index (χ1n) is 11.5. The van der Waals surface area contributed by atoms with Crippen LogP contribution in [0, 0.1) is 11.7 Å². The number of halogens is 1. The van der Waals surface area contributed by atoms with Crippen LogP contribution in [0.1, 0.15) is 18.5 Å². The summed E-state index contributed by atoms with van der Waals surface area (Å²) in [6.07, 6.45) is 0. The minimum Gasteiger partial charge on any atom is -0.493 e. The van der Waals surface area contributed by atoms with Crippen LogP contribution in [0.5, 0.6) is 11.5 Å². The number of hydrogen-bond donors (Lipinski definition) is 1. The van der Waals surface area contributed by atoms with Crippen molar-refractivity contribution in [3.05, 3.63) is 53.8 Å². The van der Waals surface area contributed by atoms with Crippen LogP contribution < -0.4 is 19.7 Å². The monoisotopic (exact) mass is 484 g/mol. The number of nitrogens with one attached hydrogen (secondary N) is 1.